The third-order valence-corrected chi connectivity index (χ3v) is 4.90. The summed E-state index contributed by atoms with van der Waals surface area (Å²) in [5, 5.41) is 2.82. The highest BCUT2D eigenvalue weighted by Gasteiger charge is 2.43. The van der Waals surface area contributed by atoms with Crippen molar-refractivity contribution in [2.75, 3.05) is 6.54 Å². The van der Waals surface area contributed by atoms with Crippen LogP contribution in [0, 0.1) is 0 Å². The maximum Gasteiger partial charge on any atom is 0.248 e. The van der Waals surface area contributed by atoms with Crippen LogP contribution in [0.5, 0.6) is 0 Å². The molecule has 1 aliphatic heterocycles. The smallest absolute Gasteiger partial charge is 0.248 e. The summed E-state index contributed by atoms with van der Waals surface area (Å²) in [5.41, 5.74) is 5.95. The Balaban J connectivity index is 0.00000261. The molecule has 4 N–H and O–H groups in total. The van der Waals surface area contributed by atoms with Crippen LogP contribution in [-0.2, 0) is 4.79 Å². The van der Waals surface area contributed by atoms with Crippen LogP contribution in [0.3, 0.4) is 0 Å². The number of benzene rings is 1. The van der Waals surface area contributed by atoms with Crippen LogP contribution in [0.1, 0.15) is 22.3 Å². The van der Waals surface area contributed by atoms with Crippen molar-refractivity contribution in [3.05, 3.63) is 53.6 Å². The van der Waals surface area contributed by atoms with Crippen LogP contribution in [0.15, 0.2) is 42.5 Å². The normalized spacial score (nSPS) is 29.6. The minimum atomic E-state index is -2.44. The molecule has 146 valence electrons. The molecule has 5 nitrogen and oxygen atoms in total. The maximum atomic E-state index is 15.4. The number of nitrogens with one attached hydrogen (secondary N) is 2. The maximum absolute atomic E-state index is 15.4. The van der Waals surface area contributed by atoms with Crippen molar-refractivity contribution in [3.63, 3.8) is 0 Å². The second kappa shape index (κ2) is 8.37. The fourth-order valence-corrected chi connectivity index (χ4v) is 3.38. The number of carbonyl (C=O) groups excluding carboxylic acids is 2. The molecule has 0 aromatic heterocycles. The molecule has 2 amide bonds. The van der Waals surface area contributed by atoms with Crippen molar-refractivity contribution in [1.29, 1.82) is 0 Å². The summed E-state index contributed by atoms with van der Waals surface area (Å²) in [6.45, 7) is 0.0886. The lowest BCUT2D eigenvalue weighted by Gasteiger charge is -2.32. The Morgan fingerprint density at radius 3 is 2.74 bits per heavy atom. The molecular weight excluding hydrogens is 399 g/mol. The van der Waals surface area contributed by atoms with Crippen molar-refractivity contribution < 1.29 is 18.4 Å². The Kier molecular flexibility index (Phi) is 6.62. The first-order chi connectivity index (χ1) is 12.3. The first-order valence-electron chi connectivity index (χ1n) is 8.14. The predicted octanol–water partition coefficient (Wildman–Crippen LogP) is 2.25. The fraction of sp³-hybridized carbons (Fsp3) is 0.333. The van der Waals surface area contributed by atoms with Gasteiger partial charge in [0.1, 0.15) is 12.2 Å². The van der Waals surface area contributed by atoms with Gasteiger partial charge in [0, 0.05) is 24.1 Å². The average Bonchev–Trinajstić information content (AvgIpc) is 3.03. The molecule has 0 radical (unpaired) electrons. The number of amides is 2. The molecule has 4 atom stereocenters. The standard InChI is InChI=1S/C18H18ClF2N3O2.ClH/c19-18(21)13(10-3-1-4-11(7-10)16(22)25)5-2-6-15(18)24-17(26)14-8-12(20)9-23-14;/h1-7,12,14-15,23H,8-9H2,(H2,22,25)(H,24,26);1H/t12-,14+,15?,18?;/m1./s1. The molecule has 3 rings (SSSR count). The third kappa shape index (κ3) is 4.48. The number of allylic oxidation sites excluding steroid dienone is 2. The van der Waals surface area contributed by atoms with Crippen LogP contribution < -0.4 is 16.4 Å². The minimum absolute atomic E-state index is 0. The summed E-state index contributed by atoms with van der Waals surface area (Å²) in [7, 11) is 0. The van der Waals surface area contributed by atoms with Gasteiger partial charge in [-0.15, -0.1) is 12.4 Å². The zero-order valence-electron chi connectivity index (χ0n) is 14.1. The van der Waals surface area contributed by atoms with Crippen LogP contribution >= 0.6 is 24.0 Å². The Bertz CT molecular complexity index is 799. The van der Waals surface area contributed by atoms with E-state index in [-0.39, 0.29) is 36.5 Å². The van der Waals surface area contributed by atoms with E-state index in [1.165, 1.54) is 24.3 Å². The van der Waals surface area contributed by atoms with E-state index >= 15 is 4.39 Å². The van der Waals surface area contributed by atoms with E-state index in [0.29, 0.717) is 5.56 Å². The largest absolute Gasteiger partial charge is 0.366 e. The van der Waals surface area contributed by atoms with Gasteiger partial charge in [0.25, 0.3) is 0 Å². The molecule has 1 saturated heterocycles. The summed E-state index contributed by atoms with van der Waals surface area (Å²) >= 11 is 6.14. The second-order valence-corrected chi connectivity index (χ2v) is 6.86. The van der Waals surface area contributed by atoms with Gasteiger partial charge in [-0.05, 0) is 17.7 Å². The molecule has 9 heteroatoms. The quantitative estimate of drug-likeness (QED) is 0.656. The van der Waals surface area contributed by atoms with Gasteiger partial charge in [-0.2, -0.15) is 0 Å². The zero-order chi connectivity index (χ0) is 18.9. The third-order valence-electron chi connectivity index (χ3n) is 4.47. The van der Waals surface area contributed by atoms with Crippen LogP contribution in [-0.4, -0.2) is 41.7 Å². The Labute approximate surface area is 166 Å². The number of alkyl halides is 3. The fourth-order valence-electron chi connectivity index (χ4n) is 3.08. The lowest BCUT2D eigenvalue weighted by atomic mass is 9.90. The van der Waals surface area contributed by atoms with Gasteiger partial charge in [0.2, 0.25) is 16.9 Å². The number of nitrogens with two attached hydrogens (primary N) is 1. The van der Waals surface area contributed by atoms with E-state index in [9.17, 15) is 14.0 Å². The van der Waals surface area contributed by atoms with E-state index in [0.717, 1.165) is 0 Å². The Morgan fingerprint density at radius 2 is 2.11 bits per heavy atom. The summed E-state index contributed by atoms with van der Waals surface area (Å²) < 4.78 is 28.6. The van der Waals surface area contributed by atoms with E-state index in [4.69, 9.17) is 17.3 Å². The number of carbonyl (C=O) groups is 2. The van der Waals surface area contributed by atoms with Gasteiger partial charge in [0.15, 0.2) is 0 Å². The van der Waals surface area contributed by atoms with E-state index in [1.807, 2.05) is 0 Å². The van der Waals surface area contributed by atoms with E-state index < -0.39 is 35.2 Å². The molecule has 0 bridgehead atoms. The molecular formula is C18H19Cl2F2N3O2. The topological polar surface area (TPSA) is 84.2 Å². The van der Waals surface area contributed by atoms with Crippen molar-refractivity contribution in [2.45, 2.75) is 29.8 Å². The molecule has 27 heavy (non-hydrogen) atoms. The molecule has 0 spiro atoms. The van der Waals surface area contributed by atoms with Gasteiger partial charge in [-0.3, -0.25) is 9.59 Å². The molecule has 1 heterocycles. The molecule has 1 aromatic rings. The van der Waals surface area contributed by atoms with Gasteiger partial charge < -0.3 is 16.4 Å². The highest BCUT2D eigenvalue weighted by molar-refractivity contribution is 6.30. The number of primary amides is 1. The molecule has 2 aliphatic rings. The Hall–Kier alpha value is -1.96. The lowest BCUT2D eigenvalue weighted by Crippen LogP contribution is -2.52. The number of hydrogen-bond acceptors (Lipinski definition) is 3. The predicted molar refractivity (Wildman–Crippen MR) is 102 cm³/mol. The van der Waals surface area contributed by atoms with E-state index in [2.05, 4.69) is 10.6 Å². The number of hydrogen-bond donors (Lipinski definition) is 3. The van der Waals surface area contributed by atoms with Crippen molar-refractivity contribution >= 4 is 41.4 Å². The monoisotopic (exact) mass is 417 g/mol. The molecule has 0 saturated carbocycles. The lowest BCUT2D eigenvalue weighted by molar-refractivity contribution is -0.123. The van der Waals surface area contributed by atoms with Gasteiger partial charge in [-0.25, -0.2) is 8.78 Å². The summed E-state index contributed by atoms with van der Waals surface area (Å²) in [6, 6.07) is 4.25. The first-order valence-corrected chi connectivity index (χ1v) is 8.51. The Morgan fingerprint density at radius 1 is 1.37 bits per heavy atom. The van der Waals surface area contributed by atoms with Gasteiger partial charge in [0.05, 0.1) is 6.04 Å². The molecule has 1 fully saturated rings. The van der Waals surface area contributed by atoms with Crippen LogP contribution in [0.2, 0.25) is 0 Å². The SMILES string of the molecule is Cl.NC(=O)c1cccc(C2=CC=CC(NC(=O)[C@@H]3C[C@@H](F)CN3)C2(F)Cl)c1. The number of rotatable bonds is 4. The van der Waals surface area contributed by atoms with Gasteiger partial charge >= 0.3 is 0 Å². The molecule has 1 aliphatic carbocycles. The summed E-state index contributed by atoms with van der Waals surface area (Å²) in [6.07, 6.45) is 3.39. The van der Waals surface area contributed by atoms with Crippen molar-refractivity contribution in [3.8, 4) is 0 Å². The highest BCUT2D eigenvalue weighted by atomic mass is 35.5. The minimum Gasteiger partial charge on any atom is -0.366 e. The summed E-state index contributed by atoms with van der Waals surface area (Å²) in [4.78, 5) is 23.6. The van der Waals surface area contributed by atoms with Crippen molar-refractivity contribution in [1.82, 2.24) is 10.6 Å². The average molecular weight is 418 g/mol. The van der Waals surface area contributed by atoms with E-state index in [1.54, 1.807) is 18.2 Å². The molecule has 2 unspecified atom stereocenters. The first kappa shape index (κ1) is 21.3. The highest BCUT2D eigenvalue weighted by Crippen LogP contribution is 2.40. The summed E-state index contributed by atoms with van der Waals surface area (Å²) in [5.74, 6) is -1.16. The zero-order valence-corrected chi connectivity index (χ0v) is 15.7. The van der Waals surface area contributed by atoms with Gasteiger partial charge in [-0.1, -0.05) is 42.0 Å². The van der Waals surface area contributed by atoms with Crippen LogP contribution in [0.25, 0.3) is 5.57 Å². The number of halogens is 4. The molecule has 1 aromatic carbocycles. The second-order valence-electron chi connectivity index (χ2n) is 6.31. The van der Waals surface area contributed by atoms with Crippen LogP contribution in [0.4, 0.5) is 8.78 Å². The van der Waals surface area contributed by atoms with Crippen molar-refractivity contribution in [2.24, 2.45) is 5.73 Å².